The standard InChI is InChI=1S/C22H20N2O3/c25-22(24-15-5-7-17-6-1-2-8-20(17)24)16-26-18-10-12-19(13-11-18)27-21-9-3-4-14-23-21/h1-4,6,8-14H,5,7,15-16H2. The molecular weight excluding hydrogens is 340 g/mol. The molecule has 5 heteroatoms. The largest absolute Gasteiger partial charge is 0.484 e. The number of para-hydroxylation sites is 1. The molecule has 0 unspecified atom stereocenters. The average Bonchev–Trinajstić information content (AvgIpc) is 2.73. The van der Waals surface area contributed by atoms with Gasteiger partial charge in [-0.3, -0.25) is 4.79 Å². The molecule has 5 nitrogen and oxygen atoms in total. The molecule has 0 N–H and O–H groups in total. The summed E-state index contributed by atoms with van der Waals surface area (Å²) >= 11 is 0. The lowest BCUT2D eigenvalue weighted by Crippen LogP contribution is -2.38. The number of anilines is 1. The number of amides is 1. The van der Waals surface area contributed by atoms with E-state index in [1.54, 1.807) is 36.5 Å². The molecule has 0 fully saturated rings. The number of fused-ring (bicyclic) bond motifs is 1. The van der Waals surface area contributed by atoms with E-state index in [9.17, 15) is 4.79 Å². The van der Waals surface area contributed by atoms with Crippen molar-refractivity contribution in [2.45, 2.75) is 12.8 Å². The highest BCUT2D eigenvalue weighted by molar-refractivity contribution is 5.95. The van der Waals surface area contributed by atoms with E-state index in [2.05, 4.69) is 11.1 Å². The van der Waals surface area contributed by atoms with Crippen molar-refractivity contribution in [3.8, 4) is 17.4 Å². The van der Waals surface area contributed by atoms with Crippen LogP contribution in [-0.2, 0) is 11.2 Å². The van der Waals surface area contributed by atoms with Gasteiger partial charge in [0, 0.05) is 24.5 Å². The van der Waals surface area contributed by atoms with Crippen LogP contribution in [0.15, 0.2) is 72.9 Å². The molecule has 1 aliphatic rings. The second kappa shape index (κ2) is 7.91. The lowest BCUT2D eigenvalue weighted by molar-refractivity contribution is -0.120. The van der Waals surface area contributed by atoms with Crippen molar-refractivity contribution >= 4 is 11.6 Å². The van der Waals surface area contributed by atoms with E-state index in [-0.39, 0.29) is 12.5 Å². The smallest absolute Gasteiger partial charge is 0.264 e. The van der Waals surface area contributed by atoms with E-state index in [0.29, 0.717) is 17.4 Å². The molecule has 3 aromatic rings. The van der Waals surface area contributed by atoms with Crippen molar-refractivity contribution in [1.29, 1.82) is 0 Å². The van der Waals surface area contributed by atoms with Gasteiger partial charge in [-0.1, -0.05) is 24.3 Å². The molecule has 2 heterocycles. The summed E-state index contributed by atoms with van der Waals surface area (Å²) in [7, 11) is 0. The predicted octanol–water partition coefficient (Wildman–Crippen LogP) is 4.23. The van der Waals surface area contributed by atoms with E-state index in [4.69, 9.17) is 9.47 Å². The Bertz CT molecular complexity index is 910. The summed E-state index contributed by atoms with van der Waals surface area (Å²) in [5.74, 6) is 1.79. The Morgan fingerprint density at radius 3 is 2.56 bits per heavy atom. The molecular formula is C22H20N2O3. The van der Waals surface area contributed by atoms with E-state index >= 15 is 0 Å². The van der Waals surface area contributed by atoms with Crippen LogP contribution in [0.25, 0.3) is 0 Å². The number of ether oxygens (including phenoxy) is 2. The fourth-order valence-electron chi connectivity index (χ4n) is 3.15. The average molecular weight is 360 g/mol. The number of aromatic nitrogens is 1. The molecule has 0 saturated carbocycles. The fraction of sp³-hybridized carbons (Fsp3) is 0.182. The van der Waals surface area contributed by atoms with Crippen LogP contribution in [0.5, 0.6) is 17.4 Å². The fourth-order valence-corrected chi connectivity index (χ4v) is 3.15. The number of rotatable bonds is 5. The maximum absolute atomic E-state index is 12.6. The van der Waals surface area contributed by atoms with Crippen molar-refractivity contribution in [3.05, 3.63) is 78.5 Å². The zero-order valence-corrected chi connectivity index (χ0v) is 14.9. The van der Waals surface area contributed by atoms with Gasteiger partial charge in [0.25, 0.3) is 5.91 Å². The minimum Gasteiger partial charge on any atom is -0.484 e. The van der Waals surface area contributed by atoms with Gasteiger partial charge in [0.05, 0.1) is 0 Å². The highest BCUT2D eigenvalue weighted by Gasteiger charge is 2.22. The summed E-state index contributed by atoms with van der Waals surface area (Å²) in [6.45, 7) is 0.741. The Morgan fingerprint density at radius 2 is 1.74 bits per heavy atom. The Hall–Kier alpha value is -3.34. The Morgan fingerprint density at radius 1 is 0.963 bits per heavy atom. The summed E-state index contributed by atoms with van der Waals surface area (Å²) in [4.78, 5) is 18.5. The third-order valence-corrected chi connectivity index (χ3v) is 4.46. The molecule has 4 rings (SSSR count). The third kappa shape index (κ3) is 4.08. The second-order valence-corrected chi connectivity index (χ2v) is 6.31. The van der Waals surface area contributed by atoms with E-state index in [1.807, 2.05) is 35.2 Å². The lowest BCUT2D eigenvalue weighted by atomic mass is 10.0. The lowest BCUT2D eigenvalue weighted by Gasteiger charge is -2.29. The summed E-state index contributed by atoms with van der Waals surface area (Å²) in [6, 6.07) is 20.7. The van der Waals surface area contributed by atoms with Crippen LogP contribution in [0.1, 0.15) is 12.0 Å². The van der Waals surface area contributed by atoms with Crippen LogP contribution >= 0.6 is 0 Å². The Kier molecular flexibility index (Phi) is 5.01. The minimum absolute atomic E-state index is 0.00871. The SMILES string of the molecule is O=C(COc1ccc(Oc2ccccn2)cc1)N1CCCc2ccccc21. The number of hydrogen-bond donors (Lipinski definition) is 0. The first-order chi connectivity index (χ1) is 13.3. The molecule has 27 heavy (non-hydrogen) atoms. The van der Waals surface area contributed by atoms with Gasteiger partial charge in [0.1, 0.15) is 11.5 Å². The first kappa shape index (κ1) is 17.1. The zero-order chi connectivity index (χ0) is 18.5. The van der Waals surface area contributed by atoms with Gasteiger partial charge in [0.2, 0.25) is 5.88 Å². The number of pyridine rings is 1. The molecule has 2 aromatic carbocycles. The molecule has 1 aliphatic heterocycles. The van der Waals surface area contributed by atoms with E-state index in [0.717, 1.165) is 25.1 Å². The first-order valence-electron chi connectivity index (χ1n) is 8.99. The summed E-state index contributed by atoms with van der Waals surface area (Å²) in [6.07, 6.45) is 3.66. The van der Waals surface area contributed by atoms with Gasteiger partial charge in [-0.15, -0.1) is 0 Å². The maximum Gasteiger partial charge on any atom is 0.264 e. The quantitative estimate of drug-likeness (QED) is 0.683. The number of carbonyl (C=O) groups excluding carboxylic acids is 1. The van der Waals surface area contributed by atoms with Gasteiger partial charge >= 0.3 is 0 Å². The summed E-state index contributed by atoms with van der Waals surface area (Å²) in [5.41, 5.74) is 2.21. The molecule has 1 amide bonds. The van der Waals surface area contributed by atoms with Gasteiger partial charge in [-0.05, 0) is 54.8 Å². The second-order valence-electron chi connectivity index (χ2n) is 6.31. The molecule has 0 atom stereocenters. The van der Waals surface area contributed by atoms with Crippen molar-refractivity contribution < 1.29 is 14.3 Å². The molecule has 0 aliphatic carbocycles. The van der Waals surface area contributed by atoms with Crippen molar-refractivity contribution in [1.82, 2.24) is 4.98 Å². The van der Waals surface area contributed by atoms with Crippen molar-refractivity contribution in [2.24, 2.45) is 0 Å². The molecule has 1 aromatic heterocycles. The van der Waals surface area contributed by atoms with Crippen LogP contribution in [-0.4, -0.2) is 24.0 Å². The van der Waals surface area contributed by atoms with Crippen LogP contribution in [0.4, 0.5) is 5.69 Å². The van der Waals surface area contributed by atoms with E-state index in [1.165, 1.54) is 5.56 Å². The topological polar surface area (TPSA) is 51.7 Å². The van der Waals surface area contributed by atoms with Gasteiger partial charge in [-0.25, -0.2) is 4.98 Å². The van der Waals surface area contributed by atoms with Crippen LogP contribution in [0.3, 0.4) is 0 Å². The van der Waals surface area contributed by atoms with Gasteiger partial charge in [0.15, 0.2) is 6.61 Å². The third-order valence-electron chi connectivity index (χ3n) is 4.46. The highest BCUT2D eigenvalue weighted by atomic mass is 16.5. The van der Waals surface area contributed by atoms with Crippen molar-refractivity contribution in [2.75, 3.05) is 18.1 Å². The number of carbonyl (C=O) groups is 1. The monoisotopic (exact) mass is 360 g/mol. The predicted molar refractivity (Wildman–Crippen MR) is 103 cm³/mol. The zero-order valence-electron chi connectivity index (χ0n) is 14.9. The number of benzene rings is 2. The first-order valence-corrected chi connectivity index (χ1v) is 8.99. The number of nitrogens with zero attached hydrogens (tertiary/aromatic N) is 2. The van der Waals surface area contributed by atoms with Gasteiger partial charge < -0.3 is 14.4 Å². The summed E-state index contributed by atoms with van der Waals surface area (Å²) in [5, 5.41) is 0. The number of aryl methyl sites for hydroxylation is 1. The maximum atomic E-state index is 12.6. The molecule has 0 bridgehead atoms. The molecule has 0 spiro atoms. The van der Waals surface area contributed by atoms with Crippen LogP contribution < -0.4 is 14.4 Å². The Labute approximate surface area is 158 Å². The van der Waals surface area contributed by atoms with Crippen LogP contribution in [0.2, 0.25) is 0 Å². The Balaban J connectivity index is 1.36. The molecule has 136 valence electrons. The summed E-state index contributed by atoms with van der Waals surface area (Å²) < 4.78 is 11.3. The van der Waals surface area contributed by atoms with Crippen molar-refractivity contribution in [3.63, 3.8) is 0 Å². The van der Waals surface area contributed by atoms with Crippen LogP contribution in [0, 0.1) is 0 Å². The van der Waals surface area contributed by atoms with E-state index < -0.39 is 0 Å². The minimum atomic E-state index is -0.0315. The molecule has 0 radical (unpaired) electrons. The normalized spacial score (nSPS) is 13.0. The molecule has 0 saturated heterocycles. The highest BCUT2D eigenvalue weighted by Crippen LogP contribution is 2.27. The number of hydrogen-bond acceptors (Lipinski definition) is 4. The van der Waals surface area contributed by atoms with Gasteiger partial charge in [-0.2, -0.15) is 0 Å².